The lowest BCUT2D eigenvalue weighted by Crippen LogP contribution is -2.44. The van der Waals surface area contributed by atoms with Gasteiger partial charge in [0.25, 0.3) is 5.91 Å². The minimum absolute atomic E-state index is 0.000629. The van der Waals surface area contributed by atoms with E-state index >= 15 is 0 Å². The van der Waals surface area contributed by atoms with E-state index in [4.69, 9.17) is 10.5 Å². The summed E-state index contributed by atoms with van der Waals surface area (Å²) in [6.07, 6.45) is 1.40. The van der Waals surface area contributed by atoms with E-state index in [-0.39, 0.29) is 17.7 Å². The van der Waals surface area contributed by atoms with Crippen molar-refractivity contribution >= 4 is 17.7 Å². The fourth-order valence-electron chi connectivity index (χ4n) is 3.79. The van der Waals surface area contributed by atoms with Crippen molar-refractivity contribution in [1.29, 1.82) is 0 Å². The van der Waals surface area contributed by atoms with Crippen molar-refractivity contribution in [3.8, 4) is 11.5 Å². The molecule has 1 heterocycles. The summed E-state index contributed by atoms with van der Waals surface area (Å²) >= 11 is 0. The van der Waals surface area contributed by atoms with Crippen LogP contribution in [0.3, 0.4) is 0 Å². The molecule has 3 rings (SSSR count). The van der Waals surface area contributed by atoms with Crippen LogP contribution < -0.4 is 10.5 Å². The standard InChI is InChI=1S/C24H29N3O4/c1-3-26(4-2)23(29)19-13-15-27(16-14-19)24(30)18-7-11-21(12-8-18)31-20-9-5-17(6-10-20)22(25)28/h5-12,19H,3-4,13-16H2,1-2H3,(H2,25,28). The number of nitrogens with zero attached hydrogens (tertiary/aromatic N) is 2. The largest absolute Gasteiger partial charge is 0.457 e. The zero-order valence-electron chi connectivity index (χ0n) is 18.0. The zero-order valence-corrected chi connectivity index (χ0v) is 18.0. The van der Waals surface area contributed by atoms with Gasteiger partial charge in [-0.1, -0.05) is 0 Å². The van der Waals surface area contributed by atoms with Crippen molar-refractivity contribution in [2.45, 2.75) is 26.7 Å². The summed E-state index contributed by atoms with van der Waals surface area (Å²) in [6.45, 7) is 6.59. The van der Waals surface area contributed by atoms with Gasteiger partial charge in [0.05, 0.1) is 0 Å². The number of benzene rings is 2. The Kier molecular flexibility index (Phi) is 7.28. The minimum atomic E-state index is -0.490. The lowest BCUT2D eigenvalue weighted by Gasteiger charge is -2.33. The van der Waals surface area contributed by atoms with Crippen molar-refractivity contribution in [3.05, 3.63) is 59.7 Å². The van der Waals surface area contributed by atoms with Crippen molar-refractivity contribution in [2.24, 2.45) is 11.7 Å². The molecule has 0 bridgehead atoms. The SMILES string of the molecule is CCN(CC)C(=O)C1CCN(C(=O)c2ccc(Oc3ccc(C(N)=O)cc3)cc2)CC1. The number of amides is 3. The quantitative estimate of drug-likeness (QED) is 0.739. The van der Waals surface area contributed by atoms with Crippen molar-refractivity contribution in [3.63, 3.8) is 0 Å². The molecular formula is C24H29N3O4. The van der Waals surface area contributed by atoms with Gasteiger partial charge in [-0.15, -0.1) is 0 Å². The second-order valence-electron chi connectivity index (χ2n) is 7.59. The number of piperidine rings is 1. The molecule has 2 aromatic rings. The van der Waals surface area contributed by atoms with Gasteiger partial charge in [0.15, 0.2) is 0 Å². The smallest absolute Gasteiger partial charge is 0.253 e. The van der Waals surface area contributed by atoms with Crippen LogP contribution in [0.15, 0.2) is 48.5 Å². The normalized spacial score (nSPS) is 14.2. The van der Waals surface area contributed by atoms with Crippen LogP contribution in [0, 0.1) is 5.92 Å². The summed E-state index contributed by atoms with van der Waals surface area (Å²) in [6, 6.07) is 13.5. The summed E-state index contributed by atoms with van der Waals surface area (Å²) in [5, 5.41) is 0. The molecule has 0 aromatic heterocycles. The summed E-state index contributed by atoms with van der Waals surface area (Å²) in [5.41, 5.74) is 6.24. The first-order valence-electron chi connectivity index (χ1n) is 10.7. The van der Waals surface area contributed by atoms with Crippen molar-refractivity contribution in [2.75, 3.05) is 26.2 Å². The van der Waals surface area contributed by atoms with Crippen molar-refractivity contribution < 1.29 is 19.1 Å². The fourth-order valence-corrected chi connectivity index (χ4v) is 3.79. The average Bonchev–Trinajstić information content (AvgIpc) is 2.80. The molecule has 7 heteroatoms. The highest BCUT2D eigenvalue weighted by Crippen LogP contribution is 2.24. The predicted molar refractivity (Wildman–Crippen MR) is 118 cm³/mol. The molecule has 7 nitrogen and oxygen atoms in total. The Hall–Kier alpha value is -3.35. The van der Waals surface area contributed by atoms with Crippen LogP contribution >= 0.6 is 0 Å². The Morgan fingerprint density at radius 1 is 0.903 bits per heavy atom. The number of rotatable bonds is 7. The first-order chi connectivity index (χ1) is 14.9. The summed E-state index contributed by atoms with van der Waals surface area (Å²) in [7, 11) is 0. The van der Waals surface area contributed by atoms with Gasteiger partial charge in [0.1, 0.15) is 11.5 Å². The van der Waals surface area contributed by atoms with Crippen LogP contribution in [0.1, 0.15) is 47.4 Å². The number of hydrogen-bond acceptors (Lipinski definition) is 4. The van der Waals surface area contributed by atoms with E-state index in [0.29, 0.717) is 48.6 Å². The van der Waals surface area contributed by atoms with Crippen LogP contribution in [-0.2, 0) is 4.79 Å². The summed E-state index contributed by atoms with van der Waals surface area (Å²) < 4.78 is 5.76. The Balaban J connectivity index is 1.56. The second kappa shape index (κ2) is 10.1. The lowest BCUT2D eigenvalue weighted by atomic mass is 9.94. The van der Waals surface area contributed by atoms with E-state index < -0.39 is 5.91 Å². The van der Waals surface area contributed by atoms with Crippen LogP contribution in [-0.4, -0.2) is 53.7 Å². The lowest BCUT2D eigenvalue weighted by molar-refractivity contribution is -0.136. The van der Waals surface area contributed by atoms with Gasteiger partial charge in [0, 0.05) is 43.2 Å². The number of hydrogen-bond donors (Lipinski definition) is 1. The number of ether oxygens (including phenoxy) is 1. The predicted octanol–water partition coefficient (Wildman–Crippen LogP) is 3.30. The topological polar surface area (TPSA) is 92.9 Å². The minimum Gasteiger partial charge on any atom is -0.457 e. The average molecular weight is 424 g/mol. The Morgan fingerprint density at radius 3 is 1.84 bits per heavy atom. The fraction of sp³-hybridized carbons (Fsp3) is 0.375. The first-order valence-corrected chi connectivity index (χ1v) is 10.7. The van der Waals surface area contributed by atoms with Gasteiger partial charge in [-0.2, -0.15) is 0 Å². The summed E-state index contributed by atoms with van der Waals surface area (Å²) in [4.78, 5) is 40.2. The molecule has 2 N–H and O–H groups in total. The zero-order chi connectivity index (χ0) is 22.4. The molecule has 2 aromatic carbocycles. The van der Waals surface area contributed by atoms with E-state index in [0.717, 1.165) is 13.1 Å². The molecule has 164 valence electrons. The molecule has 1 aliphatic rings. The number of primary amides is 1. The number of nitrogens with two attached hydrogens (primary N) is 1. The molecule has 0 radical (unpaired) electrons. The Bertz CT molecular complexity index is 913. The maximum absolute atomic E-state index is 12.8. The molecule has 31 heavy (non-hydrogen) atoms. The van der Waals surface area contributed by atoms with Crippen LogP contribution in [0.25, 0.3) is 0 Å². The maximum Gasteiger partial charge on any atom is 0.253 e. The van der Waals surface area contributed by atoms with E-state index in [2.05, 4.69) is 0 Å². The third-order valence-electron chi connectivity index (χ3n) is 5.68. The number of carbonyl (C=O) groups excluding carboxylic acids is 3. The molecule has 3 amide bonds. The third kappa shape index (κ3) is 5.42. The third-order valence-corrected chi connectivity index (χ3v) is 5.68. The van der Waals surface area contributed by atoms with Crippen molar-refractivity contribution in [1.82, 2.24) is 9.80 Å². The van der Waals surface area contributed by atoms with Gasteiger partial charge in [0.2, 0.25) is 11.8 Å². The van der Waals surface area contributed by atoms with Crippen LogP contribution in [0.4, 0.5) is 0 Å². The Labute approximate surface area is 182 Å². The first kappa shape index (κ1) is 22.3. The van der Waals surface area contributed by atoms with E-state index in [1.165, 1.54) is 0 Å². The number of likely N-dealkylation sites (tertiary alicyclic amines) is 1. The summed E-state index contributed by atoms with van der Waals surface area (Å²) in [5.74, 6) is 0.834. The van der Waals surface area contributed by atoms with E-state index in [1.807, 2.05) is 23.6 Å². The van der Waals surface area contributed by atoms with E-state index in [9.17, 15) is 14.4 Å². The van der Waals surface area contributed by atoms with Gasteiger partial charge in [-0.05, 0) is 75.2 Å². The molecule has 1 aliphatic heterocycles. The molecule has 0 saturated carbocycles. The molecule has 0 atom stereocenters. The second-order valence-corrected chi connectivity index (χ2v) is 7.59. The number of carbonyl (C=O) groups is 3. The van der Waals surface area contributed by atoms with Gasteiger partial charge in [-0.25, -0.2) is 0 Å². The molecule has 0 aliphatic carbocycles. The van der Waals surface area contributed by atoms with Crippen LogP contribution in [0.5, 0.6) is 11.5 Å². The maximum atomic E-state index is 12.8. The highest BCUT2D eigenvalue weighted by Gasteiger charge is 2.29. The molecular weight excluding hydrogens is 394 g/mol. The highest BCUT2D eigenvalue weighted by molar-refractivity contribution is 5.94. The molecule has 0 spiro atoms. The Morgan fingerprint density at radius 2 is 1.39 bits per heavy atom. The van der Waals surface area contributed by atoms with Gasteiger partial charge < -0.3 is 20.3 Å². The molecule has 1 saturated heterocycles. The van der Waals surface area contributed by atoms with Gasteiger partial charge in [-0.3, -0.25) is 14.4 Å². The van der Waals surface area contributed by atoms with E-state index in [1.54, 1.807) is 48.5 Å². The molecule has 1 fully saturated rings. The highest BCUT2D eigenvalue weighted by atomic mass is 16.5. The van der Waals surface area contributed by atoms with Gasteiger partial charge >= 0.3 is 0 Å². The monoisotopic (exact) mass is 423 g/mol. The van der Waals surface area contributed by atoms with Crippen LogP contribution in [0.2, 0.25) is 0 Å². The molecule has 0 unspecified atom stereocenters.